The van der Waals surface area contributed by atoms with Gasteiger partial charge in [0.2, 0.25) is 0 Å². The van der Waals surface area contributed by atoms with Gasteiger partial charge in [-0.15, -0.1) is 0 Å². The number of aliphatic hydroxyl groups excluding tert-OH is 1. The Hall–Kier alpha value is -1.36. The number of rotatable bonds is 6. The summed E-state index contributed by atoms with van der Waals surface area (Å²) in [6.45, 7) is -0.181. The molecule has 0 amide bonds. The monoisotopic (exact) mass is 256 g/mol. The van der Waals surface area contributed by atoms with Gasteiger partial charge in [0.15, 0.2) is 0 Å². The van der Waals surface area contributed by atoms with E-state index in [4.69, 9.17) is 9.84 Å². The zero-order chi connectivity index (χ0) is 13.5. The number of aliphatic hydroxyl groups is 1. The van der Waals surface area contributed by atoms with Gasteiger partial charge in [0, 0.05) is 18.8 Å². The molecule has 1 fully saturated rings. The van der Waals surface area contributed by atoms with Crippen LogP contribution in [0.4, 0.5) is 0 Å². The van der Waals surface area contributed by atoms with Crippen molar-refractivity contribution in [2.24, 2.45) is 11.8 Å². The fourth-order valence-corrected chi connectivity index (χ4v) is 2.31. The van der Waals surface area contributed by atoms with E-state index in [1.54, 1.807) is 6.08 Å². The minimum Gasteiger partial charge on any atom is -0.499 e. The summed E-state index contributed by atoms with van der Waals surface area (Å²) in [7, 11) is 2.83. The average Bonchev–Trinajstić information content (AvgIpc) is 2.72. The summed E-state index contributed by atoms with van der Waals surface area (Å²) in [5.41, 5.74) is 0. The standard InChI is InChI=1S/C13H20O5/c1-17-10(8-14)4-5-11-9(3-6-12(11)15)7-13(16)18-2/h4,9,11,14H,3,5-8H2,1-2H3. The summed E-state index contributed by atoms with van der Waals surface area (Å²) in [5.74, 6) is 0.219. The Morgan fingerprint density at radius 3 is 2.72 bits per heavy atom. The van der Waals surface area contributed by atoms with Crippen molar-refractivity contribution in [1.29, 1.82) is 0 Å². The van der Waals surface area contributed by atoms with E-state index < -0.39 is 0 Å². The highest BCUT2D eigenvalue weighted by molar-refractivity contribution is 5.84. The molecule has 2 unspecified atom stereocenters. The van der Waals surface area contributed by atoms with Crippen LogP contribution in [0.25, 0.3) is 0 Å². The lowest BCUT2D eigenvalue weighted by Crippen LogP contribution is -2.18. The van der Waals surface area contributed by atoms with Crippen LogP contribution in [0.1, 0.15) is 25.7 Å². The largest absolute Gasteiger partial charge is 0.499 e. The number of esters is 1. The third kappa shape index (κ3) is 3.84. The molecule has 0 bridgehead atoms. The van der Waals surface area contributed by atoms with Crippen LogP contribution in [0, 0.1) is 11.8 Å². The van der Waals surface area contributed by atoms with Crippen LogP contribution in [-0.2, 0) is 19.1 Å². The predicted molar refractivity (Wildman–Crippen MR) is 64.6 cm³/mol. The predicted octanol–water partition coefficient (Wildman–Crippen LogP) is 1.06. The van der Waals surface area contributed by atoms with Crippen molar-refractivity contribution in [3.8, 4) is 0 Å². The number of ether oxygens (including phenoxy) is 2. The Kier molecular flexibility index (Phi) is 5.85. The van der Waals surface area contributed by atoms with Crippen molar-refractivity contribution in [1.82, 2.24) is 0 Å². The SMILES string of the molecule is COC(=O)CC1CCC(=O)C1CC=C(CO)OC. The maximum atomic E-state index is 11.8. The Balaban J connectivity index is 2.62. The lowest BCUT2D eigenvalue weighted by molar-refractivity contribution is -0.142. The quantitative estimate of drug-likeness (QED) is 0.568. The molecule has 0 heterocycles. The minimum atomic E-state index is -0.280. The van der Waals surface area contributed by atoms with Gasteiger partial charge >= 0.3 is 5.97 Å². The highest BCUT2D eigenvalue weighted by Gasteiger charge is 2.35. The van der Waals surface area contributed by atoms with Crippen molar-refractivity contribution in [3.05, 3.63) is 11.8 Å². The molecule has 1 aliphatic rings. The average molecular weight is 256 g/mol. The number of methoxy groups -OCH3 is 2. The summed E-state index contributed by atoms with van der Waals surface area (Å²) in [5, 5.41) is 8.96. The van der Waals surface area contributed by atoms with E-state index in [0.717, 1.165) is 6.42 Å². The first-order valence-electron chi connectivity index (χ1n) is 6.05. The lowest BCUT2D eigenvalue weighted by atomic mass is 9.89. The Bertz CT molecular complexity index is 328. The van der Waals surface area contributed by atoms with Crippen LogP contribution >= 0.6 is 0 Å². The maximum absolute atomic E-state index is 11.8. The Morgan fingerprint density at radius 1 is 1.44 bits per heavy atom. The van der Waals surface area contributed by atoms with E-state index in [-0.39, 0.29) is 36.6 Å². The van der Waals surface area contributed by atoms with Crippen LogP contribution in [-0.4, -0.2) is 37.7 Å². The van der Waals surface area contributed by atoms with Crippen molar-refractivity contribution in [2.45, 2.75) is 25.7 Å². The number of hydrogen-bond acceptors (Lipinski definition) is 5. The van der Waals surface area contributed by atoms with Gasteiger partial charge in [-0.05, 0) is 24.8 Å². The molecule has 2 atom stereocenters. The summed E-state index contributed by atoms with van der Waals surface area (Å²) in [6.07, 6.45) is 3.75. The van der Waals surface area contributed by atoms with Crippen molar-refractivity contribution in [2.75, 3.05) is 20.8 Å². The third-order valence-electron chi connectivity index (χ3n) is 3.42. The lowest BCUT2D eigenvalue weighted by Gasteiger charge is -2.15. The number of Topliss-reactive ketones (excluding diaryl/α,β-unsaturated/α-hetero) is 1. The molecule has 0 aromatic heterocycles. The minimum absolute atomic E-state index is 0.0398. The first-order chi connectivity index (χ1) is 8.62. The summed E-state index contributed by atoms with van der Waals surface area (Å²) in [6, 6.07) is 0. The molecule has 5 heteroatoms. The van der Waals surface area contributed by atoms with E-state index in [0.29, 0.717) is 18.6 Å². The molecule has 102 valence electrons. The second-order valence-corrected chi connectivity index (χ2v) is 4.42. The summed E-state index contributed by atoms with van der Waals surface area (Å²) < 4.78 is 9.57. The van der Waals surface area contributed by atoms with Gasteiger partial charge in [-0.3, -0.25) is 9.59 Å². The van der Waals surface area contributed by atoms with Gasteiger partial charge in [-0.25, -0.2) is 0 Å². The highest BCUT2D eigenvalue weighted by atomic mass is 16.5. The Morgan fingerprint density at radius 2 is 2.17 bits per heavy atom. The molecule has 0 radical (unpaired) electrons. The fraction of sp³-hybridized carbons (Fsp3) is 0.692. The van der Waals surface area contributed by atoms with Crippen LogP contribution in [0.2, 0.25) is 0 Å². The maximum Gasteiger partial charge on any atom is 0.305 e. The van der Waals surface area contributed by atoms with Crippen molar-refractivity contribution in [3.63, 3.8) is 0 Å². The normalized spacial score (nSPS) is 24.2. The topological polar surface area (TPSA) is 72.8 Å². The van der Waals surface area contributed by atoms with Crippen molar-refractivity contribution < 1.29 is 24.2 Å². The van der Waals surface area contributed by atoms with E-state index in [9.17, 15) is 9.59 Å². The summed E-state index contributed by atoms with van der Waals surface area (Å²) >= 11 is 0. The molecule has 0 aromatic carbocycles. The van der Waals surface area contributed by atoms with E-state index >= 15 is 0 Å². The van der Waals surface area contributed by atoms with Crippen LogP contribution in [0.5, 0.6) is 0 Å². The molecule has 1 rings (SSSR count). The highest BCUT2D eigenvalue weighted by Crippen LogP contribution is 2.34. The second-order valence-electron chi connectivity index (χ2n) is 4.42. The second kappa shape index (κ2) is 7.16. The number of carbonyl (C=O) groups excluding carboxylic acids is 2. The Labute approximate surface area is 107 Å². The molecule has 1 saturated carbocycles. The van der Waals surface area contributed by atoms with Crippen LogP contribution in [0.3, 0.4) is 0 Å². The molecule has 1 aliphatic carbocycles. The first kappa shape index (κ1) is 14.7. The molecular weight excluding hydrogens is 236 g/mol. The number of carbonyl (C=O) groups is 2. The smallest absolute Gasteiger partial charge is 0.305 e. The van der Waals surface area contributed by atoms with Gasteiger partial charge in [-0.2, -0.15) is 0 Å². The van der Waals surface area contributed by atoms with Gasteiger partial charge in [0.1, 0.15) is 18.1 Å². The number of ketones is 1. The number of allylic oxidation sites excluding steroid dienone is 1. The van der Waals surface area contributed by atoms with Crippen LogP contribution in [0.15, 0.2) is 11.8 Å². The van der Waals surface area contributed by atoms with Gasteiger partial charge in [0.25, 0.3) is 0 Å². The molecule has 1 N–H and O–H groups in total. The molecule has 0 saturated heterocycles. The molecule has 0 aromatic rings. The molecule has 18 heavy (non-hydrogen) atoms. The third-order valence-corrected chi connectivity index (χ3v) is 3.42. The van der Waals surface area contributed by atoms with Crippen molar-refractivity contribution >= 4 is 11.8 Å². The van der Waals surface area contributed by atoms with Gasteiger partial charge in [-0.1, -0.05) is 0 Å². The van der Waals surface area contributed by atoms with E-state index in [1.165, 1.54) is 14.2 Å². The van der Waals surface area contributed by atoms with E-state index in [1.807, 2.05) is 0 Å². The van der Waals surface area contributed by atoms with E-state index in [2.05, 4.69) is 4.74 Å². The van der Waals surface area contributed by atoms with Gasteiger partial charge < -0.3 is 14.6 Å². The number of hydrogen-bond donors (Lipinski definition) is 1. The first-order valence-corrected chi connectivity index (χ1v) is 6.05. The van der Waals surface area contributed by atoms with Crippen LogP contribution < -0.4 is 0 Å². The van der Waals surface area contributed by atoms with Gasteiger partial charge in [0.05, 0.1) is 14.2 Å². The zero-order valence-corrected chi connectivity index (χ0v) is 10.8. The molecule has 0 spiro atoms. The molecule has 0 aliphatic heterocycles. The summed E-state index contributed by atoms with van der Waals surface area (Å²) in [4.78, 5) is 23.0. The zero-order valence-electron chi connectivity index (χ0n) is 10.8. The fourth-order valence-electron chi connectivity index (χ4n) is 2.31. The molecule has 5 nitrogen and oxygen atoms in total. The molecular formula is C13H20O5.